The van der Waals surface area contributed by atoms with E-state index in [9.17, 15) is 15.3 Å². The van der Waals surface area contributed by atoms with Crippen molar-refractivity contribution in [1.82, 2.24) is 0 Å². The summed E-state index contributed by atoms with van der Waals surface area (Å²) in [5, 5.41) is 19.3. The van der Waals surface area contributed by atoms with Crippen LogP contribution in [0.3, 0.4) is 0 Å². The number of carbonyl (C=O) groups is 1. The topological polar surface area (TPSA) is 83.1 Å². The van der Waals surface area contributed by atoms with Gasteiger partial charge in [-0.3, -0.25) is 4.79 Å². The number of hydrogen-bond donors (Lipinski definition) is 0. The largest absolute Gasteiger partial charge is 0.497 e. The highest BCUT2D eigenvalue weighted by molar-refractivity contribution is 5.76. The summed E-state index contributed by atoms with van der Waals surface area (Å²) in [5.41, 5.74) is -0.690. The number of ether oxygens (including phenoxy) is 2. The molecule has 0 aromatic heterocycles. The third-order valence-electron chi connectivity index (χ3n) is 4.07. The van der Waals surface area contributed by atoms with E-state index in [-0.39, 0.29) is 0 Å². The van der Waals surface area contributed by atoms with Crippen molar-refractivity contribution in [2.75, 3.05) is 14.2 Å². The van der Waals surface area contributed by atoms with Crippen molar-refractivity contribution in [3.05, 3.63) is 42.0 Å². The molecule has 1 aromatic rings. The quantitative estimate of drug-likeness (QED) is 0.632. The van der Waals surface area contributed by atoms with E-state index in [0.29, 0.717) is 12.2 Å². The Morgan fingerprint density at radius 2 is 1.86 bits per heavy atom. The number of rotatable bonds is 3. The van der Waals surface area contributed by atoms with Crippen LogP contribution in [0.1, 0.15) is 17.9 Å². The number of allylic oxidation sites excluding steroid dienone is 2. The van der Waals surface area contributed by atoms with E-state index < -0.39 is 23.2 Å². The molecule has 0 N–H and O–H groups in total. The van der Waals surface area contributed by atoms with E-state index >= 15 is 0 Å². The van der Waals surface area contributed by atoms with Gasteiger partial charge in [-0.1, -0.05) is 24.3 Å². The monoisotopic (exact) mass is 296 g/mol. The van der Waals surface area contributed by atoms with Crippen molar-refractivity contribution >= 4 is 5.97 Å². The van der Waals surface area contributed by atoms with Crippen LogP contribution in [0, 0.1) is 34.0 Å². The lowest BCUT2D eigenvalue weighted by molar-refractivity contribution is -0.148. The molecule has 0 saturated carbocycles. The summed E-state index contributed by atoms with van der Waals surface area (Å²) < 4.78 is 9.89. The van der Waals surface area contributed by atoms with E-state index in [1.54, 1.807) is 31.4 Å². The van der Waals surface area contributed by atoms with Crippen molar-refractivity contribution in [2.24, 2.45) is 11.3 Å². The molecule has 0 spiro atoms. The van der Waals surface area contributed by atoms with Crippen molar-refractivity contribution in [2.45, 2.75) is 12.3 Å². The molecule has 1 aliphatic rings. The van der Waals surface area contributed by atoms with Crippen LogP contribution in [0.5, 0.6) is 5.75 Å². The van der Waals surface area contributed by atoms with Crippen LogP contribution >= 0.6 is 0 Å². The Kier molecular flexibility index (Phi) is 4.48. The minimum absolute atomic E-state index is 0.320. The molecule has 2 unspecified atom stereocenters. The van der Waals surface area contributed by atoms with Gasteiger partial charge in [0.05, 0.1) is 32.3 Å². The summed E-state index contributed by atoms with van der Waals surface area (Å²) in [6.07, 6.45) is 3.96. The van der Waals surface area contributed by atoms with Crippen LogP contribution in [-0.4, -0.2) is 20.2 Å². The molecule has 0 heterocycles. The van der Waals surface area contributed by atoms with Gasteiger partial charge in [0.2, 0.25) is 0 Å². The average molecular weight is 296 g/mol. The first-order chi connectivity index (χ1) is 10.6. The molecule has 0 fully saturated rings. The molecule has 0 aliphatic heterocycles. The summed E-state index contributed by atoms with van der Waals surface area (Å²) >= 11 is 0. The van der Waals surface area contributed by atoms with Crippen LogP contribution in [0.25, 0.3) is 0 Å². The number of methoxy groups -OCH3 is 2. The van der Waals surface area contributed by atoms with Gasteiger partial charge in [-0.05, 0) is 24.1 Å². The molecule has 5 nitrogen and oxygen atoms in total. The summed E-state index contributed by atoms with van der Waals surface area (Å²) in [6, 6.07) is 11.3. The van der Waals surface area contributed by atoms with Gasteiger partial charge in [0.15, 0.2) is 5.41 Å². The van der Waals surface area contributed by atoms with Gasteiger partial charge in [-0.15, -0.1) is 0 Å². The zero-order valence-corrected chi connectivity index (χ0v) is 12.4. The lowest BCUT2D eigenvalue weighted by Crippen LogP contribution is -2.40. The fraction of sp³-hybridized carbons (Fsp3) is 0.353. The Balaban J connectivity index is 2.51. The Labute approximate surface area is 129 Å². The highest BCUT2D eigenvalue weighted by Crippen LogP contribution is 2.47. The van der Waals surface area contributed by atoms with Crippen LogP contribution in [0.15, 0.2) is 36.4 Å². The Morgan fingerprint density at radius 3 is 2.36 bits per heavy atom. The predicted octanol–water partition coefficient (Wildman–Crippen LogP) is 2.56. The Morgan fingerprint density at radius 1 is 1.23 bits per heavy atom. The normalized spacial score (nSPS) is 22.2. The van der Waals surface area contributed by atoms with E-state index in [0.717, 1.165) is 5.56 Å². The van der Waals surface area contributed by atoms with E-state index in [2.05, 4.69) is 12.1 Å². The highest BCUT2D eigenvalue weighted by Gasteiger charge is 2.51. The number of carbonyl (C=O) groups excluding carboxylic acids is 1. The zero-order chi connectivity index (χ0) is 16.2. The predicted molar refractivity (Wildman–Crippen MR) is 78.7 cm³/mol. The van der Waals surface area contributed by atoms with Gasteiger partial charge in [-0.25, -0.2) is 0 Å². The van der Waals surface area contributed by atoms with Gasteiger partial charge in [0, 0.05) is 5.92 Å². The maximum Gasteiger partial charge on any atom is 0.311 e. The van der Waals surface area contributed by atoms with Crippen LogP contribution < -0.4 is 4.74 Å². The summed E-state index contributed by atoms with van der Waals surface area (Å²) in [6.45, 7) is 0. The first kappa shape index (κ1) is 15.6. The van der Waals surface area contributed by atoms with E-state index in [4.69, 9.17) is 9.47 Å². The van der Waals surface area contributed by atoms with Gasteiger partial charge in [0.25, 0.3) is 0 Å². The van der Waals surface area contributed by atoms with Crippen molar-refractivity contribution < 1.29 is 14.3 Å². The minimum atomic E-state index is -1.48. The van der Waals surface area contributed by atoms with Gasteiger partial charge < -0.3 is 9.47 Å². The molecule has 2 rings (SSSR count). The molecule has 0 saturated heterocycles. The molecule has 22 heavy (non-hydrogen) atoms. The van der Waals surface area contributed by atoms with E-state index in [1.807, 2.05) is 12.2 Å². The zero-order valence-electron chi connectivity index (χ0n) is 12.4. The third-order valence-corrected chi connectivity index (χ3v) is 4.07. The SMILES string of the molecule is COC(=O)C1CC=CC(c2ccc(OC)cc2)C1(C#N)C#N. The molecular weight excluding hydrogens is 280 g/mol. The van der Waals surface area contributed by atoms with Crippen LogP contribution in [0.2, 0.25) is 0 Å². The Hall–Kier alpha value is -2.79. The molecule has 0 radical (unpaired) electrons. The minimum Gasteiger partial charge on any atom is -0.497 e. The fourth-order valence-electron chi connectivity index (χ4n) is 2.83. The van der Waals surface area contributed by atoms with Crippen molar-refractivity contribution in [3.8, 4) is 17.9 Å². The van der Waals surface area contributed by atoms with Crippen molar-refractivity contribution in [1.29, 1.82) is 10.5 Å². The lowest BCUT2D eigenvalue weighted by atomic mass is 9.62. The number of esters is 1. The average Bonchev–Trinajstić information content (AvgIpc) is 2.60. The number of hydrogen-bond acceptors (Lipinski definition) is 5. The third kappa shape index (κ3) is 2.42. The number of benzene rings is 1. The maximum atomic E-state index is 12.0. The molecule has 2 atom stereocenters. The Bertz CT molecular complexity index is 651. The standard InChI is InChI=1S/C17H16N2O3/c1-21-13-8-6-12(7-9-13)14-4-3-5-15(16(20)22-2)17(14,10-18)11-19/h3-4,6-9,14-15H,5H2,1-2H3. The molecular formula is C17H16N2O3. The first-order valence-electron chi connectivity index (χ1n) is 6.84. The second kappa shape index (κ2) is 6.32. The number of nitriles is 2. The molecule has 112 valence electrons. The number of nitrogens with zero attached hydrogens (tertiary/aromatic N) is 2. The van der Waals surface area contributed by atoms with Gasteiger partial charge >= 0.3 is 5.97 Å². The van der Waals surface area contributed by atoms with Crippen molar-refractivity contribution in [3.63, 3.8) is 0 Å². The summed E-state index contributed by atoms with van der Waals surface area (Å²) in [7, 11) is 2.83. The highest BCUT2D eigenvalue weighted by atomic mass is 16.5. The van der Waals surface area contributed by atoms with Crippen LogP contribution in [0.4, 0.5) is 0 Å². The second-order valence-electron chi connectivity index (χ2n) is 5.08. The lowest BCUT2D eigenvalue weighted by Gasteiger charge is -2.35. The molecule has 5 heteroatoms. The molecule has 0 amide bonds. The van der Waals surface area contributed by atoms with E-state index in [1.165, 1.54) is 7.11 Å². The van der Waals surface area contributed by atoms with Gasteiger partial charge in [0.1, 0.15) is 5.75 Å². The summed E-state index contributed by atoms with van der Waals surface area (Å²) in [5.74, 6) is -1.14. The molecule has 1 aromatic carbocycles. The maximum absolute atomic E-state index is 12.0. The fourth-order valence-corrected chi connectivity index (χ4v) is 2.83. The first-order valence-corrected chi connectivity index (χ1v) is 6.84. The molecule has 1 aliphatic carbocycles. The molecule has 0 bridgehead atoms. The van der Waals surface area contributed by atoms with Crippen LogP contribution in [-0.2, 0) is 9.53 Å². The summed E-state index contributed by atoms with van der Waals surface area (Å²) in [4.78, 5) is 12.0. The smallest absolute Gasteiger partial charge is 0.311 e. The van der Waals surface area contributed by atoms with Gasteiger partial charge in [-0.2, -0.15) is 10.5 Å². The second-order valence-corrected chi connectivity index (χ2v) is 5.08.